The van der Waals surface area contributed by atoms with Crippen molar-refractivity contribution in [2.75, 3.05) is 36.9 Å². The summed E-state index contributed by atoms with van der Waals surface area (Å²) in [7, 11) is 0. The summed E-state index contributed by atoms with van der Waals surface area (Å²) in [6.45, 7) is 5.83. The van der Waals surface area contributed by atoms with Gasteiger partial charge in [0.2, 0.25) is 0 Å². The van der Waals surface area contributed by atoms with Gasteiger partial charge in [-0.3, -0.25) is 0 Å². The first-order valence-electron chi connectivity index (χ1n) is 10.7. The number of nitrogens with one attached hydrogen (secondary N) is 1. The zero-order chi connectivity index (χ0) is 23.8. The van der Waals surface area contributed by atoms with Crippen LogP contribution >= 0.6 is 0 Å². The molecule has 0 bridgehead atoms. The number of aromatic amines is 1. The molecule has 2 unspecified atom stereocenters. The van der Waals surface area contributed by atoms with Gasteiger partial charge in [0, 0.05) is 42.0 Å². The third-order valence-electron chi connectivity index (χ3n) is 5.74. The minimum atomic E-state index is -4.65. The van der Waals surface area contributed by atoms with Crippen molar-refractivity contribution in [3.63, 3.8) is 0 Å². The molecule has 10 heteroatoms. The molecule has 0 spiro atoms. The number of benzene rings is 1. The Hall–Kier alpha value is -3.03. The molecule has 0 radical (unpaired) electrons. The van der Waals surface area contributed by atoms with Crippen molar-refractivity contribution in [3.8, 4) is 11.8 Å². The first-order chi connectivity index (χ1) is 15.7. The normalized spacial score (nSPS) is 21.1. The van der Waals surface area contributed by atoms with Crippen molar-refractivity contribution >= 4 is 11.5 Å². The number of anilines is 2. The molecule has 2 aromatic rings. The molecule has 2 atom stereocenters. The maximum Gasteiger partial charge on any atom is 0.417 e. The van der Waals surface area contributed by atoms with Crippen LogP contribution in [0.4, 0.5) is 24.7 Å². The maximum absolute atomic E-state index is 14.0. The lowest BCUT2D eigenvalue weighted by Crippen LogP contribution is -2.35. The number of H-pyrrole nitrogens is 1. The molecule has 0 amide bonds. The van der Waals surface area contributed by atoms with E-state index in [1.807, 2.05) is 11.8 Å². The van der Waals surface area contributed by atoms with E-state index in [2.05, 4.69) is 21.8 Å². The molecule has 0 aliphatic carbocycles. The quantitative estimate of drug-likeness (QED) is 0.527. The zero-order valence-corrected chi connectivity index (χ0v) is 18.4. The van der Waals surface area contributed by atoms with E-state index in [0.29, 0.717) is 43.4 Å². The molecule has 1 aromatic carbocycles. The molecule has 3 heterocycles. The van der Waals surface area contributed by atoms with Gasteiger partial charge in [0.05, 0.1) is 31.5 Å². The Morgan fingerprint density at radius 2 is 2.12 bits per heavy atom. The maximum atomic E-state index is 14.0. The molecule has 2 aliphatic rings. The largest absolute Gasteiger partial charge is 0.417 e. The molecular weight excluding hydrogens is 437 g/mol. The SMILES string of the molecule is CC#Cc1cc(N)cc(C2Cc3[nH]c(=O)nc(N4CCOCC(C)C4)c3CO2)c1C(F)(F)F. The monoisotopic (exact) mass is 462 g/mol. The Morgan fingerprint density at radius 1 is 1.33 bits per heavy atom. The number of nitrogen functional groups attached to an aromatic ring is 1. The van der Waals surface area contributed by atoms with Crippen LogP contribution in [-0.4, -0.2) is 36.3 Å². The summed E-state index contributed by atoms with van der Waals surface area (Å²) in [4.78, 5) is 21.2. The van der Waals surface area contributed by atoms with Gasteiger partial charge < -0.3 is 25.1 Å². The van der Waals surface area contributed by atoms with Crippen molar-refractivity contribution in [1.29, 1.82) is 0 Å². The van der Waals surface area contributed by atoms with Crippen molar-refractivity contribution in [2.24, 2.45) is 5.92 Å². The number of nitrogens with zero attached hydrogens (tertiary/aromatic N) is 2. The molecule has 33 heavy (non-hydrogen) atoms. The predicted octanol–water partition coefficient (Wildman–Crippen LogP) is 3.03. The van der Waals surface area contributed by atoms with Crippen LogP contribution in [-0.2, 0) is 28.7 Å². The molecular formula is C23H25F3N4O3. The Labute approximate surface area is 189 Å². The number of alkyl halides is 3. The average Bonchev–Trinajstić information content (AvgIpc) is 2.95. The standard InChI is InChI=1S/C23H25F3N4O3/c1-3-4-14-7-15(27)8-16(20(14)23(24,25)26)19-9-18-17(12-33-19)21(29-22(31)28-18)30-5-6-32-11-13(2)10-30/h7-8,13,19H,5-6,9-12,27H2,1-2H3,(H,28,29,31). The Balaban J connectivity index is 1.76. The van der Waals surface area contributed by atoms with Gasteiger partial charge in [0.1, 0.15) is 5.82 Å². The highest BCUT2D eigenvalue weighted by Crippen LogP contribution is 2.42. The molecule has 1 fully saturated rings. The highest BCUT2D eigenvalue weighted by atomic mass is 19.4. The Morgan fingerprint density at radius 3 is 2.85 bits per heavy atom. The topological polar surface area (TPSA) is 93.5 Å². The van der Waals surface area contributed by atoms with Gasteiger partial charge in [-0.05, 0) is 30.5 Å². The van der Waals surface area contributed by atoms with Crippen LogP contribution in [0.2, 0.25) is 0 Å². The molecule has 2 aliphatic heterocycles. The van der Waals surface area contributed by atoms with Crippen molar-refractivity contribution in [1.82, 2.24) is 9.97 Å². The molecule has 7 nitrogen and oxygen atoms in total. The second kappa shape index (κ2) is 9.08. The van der Waals surface area contributed by atoms with Crippen LogP contribution in [0.3, 0.4) is 0 Å². The highest BCUT2D eigenvalue weighted by Gasteiger charge is 2.40. The summed E-state index contributed by atoms with van der Waals surface area (Å²) in [6, 6.07) is 2.49. The van der Waals surface area contributed by atoms with Crippen molar-refractivity contribution < 1.29 is 22.6 Å². The number of aromatic nitrogens is 2. The Bertz CT molecular complexity index is 1170. The molecule has 176 valence electrons. The van der Waals surface area contributed by atoms with Crippen LogP contribution in [0.25, 0.3) is 0 Å². The molecule has 3 N–H and O–H groups in total. The lowest BCUT2D eigenvalue weighted by atomic mass is 9.91. The van der Waals surface area contributed by atoms with E-state index >= 15 is 0 Å². The number of nitrogens with two attached hydrogens (primary N) is 1. The van der Waals surface area contributed by atoms with Gasteiger partial charge in [-0.25, -0.2) is 4.79 Å². The predicted molar refractivity (Wildman–Crippen MR) is 117 cm³/mol. The lowest BCUT2D eigenvalue weighted by Gasteiger charge is -2.31. The number of fused-ring (bicyclic) bond motifs is 1. The second-order valence-electron chi connectivity index (χ2n) is 8.36. The van der Waals surface area contributed by atoms with Crippen molar-refractivity contribution in [2.45, 2.75) is 39.2 Å². The second-order valence-corrected chi connectivity index (χ2v) is 8.36. The summed E-state index contributed by atoms with van der Waals surface area (Å²) in [5.74, 6) is 5.74. The van der Waals surface area contributed by atoms with Crippen LogP contribution in [0.1, 0.15) is 47.9 Å². The fourth-order valence-corrected chi connectivity index (χ4v) is 4.41. The Kier molecular flexibility index (Phi) is 6.36. The van der Waals surface area contributed by atoms with E-state index in [9.17, 15) is 18.0 Å². The minimum Gasteiger partial charge on any atom is -0.399 e. The summed E-state index contributed by atoms with van der Waals surface area (Å²) >= 11 is 0. The fraction of sp³-hybridized carbons (Fsp3) is 0.478. The average molecular weight is 462 g/mol. The van der Waals surface area contributed by atoms with Crippen LogP contribution in [0, 0.1) is 17.8 Å². The van der Waals surface area contributed by atoms with Gasteiger partial charge in [0.25, 0.3) is 0 Å². The first-order valence-corrected chi connectivity index (χ1v) is 10.7. The van der Waals surface area contributed by atoms with E-state index in [1.54, 1.807) is 0 Å². The van der Waals surface area contributed by atoms with E-state index < -0.39 is 23.5 Å². The van der Waals surface area contributed by atoms with Crippen molar-refractivity contribution in [3.05, 3.63) is 50.6 Å². The fourth-order valence-electron chi connectivity index (χ4n) is 4.41. The van der Waals surface area contributed by atoms with Gasteiger partial charge >= 0.3 is 11.9 Å². The van der Waals surface area contributed by atoms with E-state index in [0.717, 1.165) is 0 Å². The molecule has 0 saturated carbocycles. The summed E-state index contributed by atoms with van der Waals surface area (Å²) < 4.78 is 53.5. The van der Waals surface area contributed by atoms with Gasteiger partial charge in [-0.2, -0.15) is 18.2 Å². The number of halogens is 3. The smallest absolute Gasteiger partial charge is 0.399 e. The van der Waals surface area contributed by atoms with E-state index in [4.69, 9.17) is 15.2 Å². The van der Waals surface area contributed by atoms with Crippen LogP contribution in [0.5, 0.6) is 0 Å². The lowest BCUT2D eigenvalue weighted by molar-refractivity contribution is -0.140. The summed E-state index contributed by atoms with van der Waals surface area (Å²) in [5.41, 5.74) is 5.53. The zero-order valence-electron chi connectivity index (χ0n) is 18.4. The number of rotatable bonds is 2. The highest BCUT2D eigenvalue weighted by molar-refractivity contribution is 5.58. The molecule has 1 saturated heterocycles. The molecule has 4 rings (SSSR count). The summed E-state index contributed by atoms with van der Waals surface area (Å²) in [5, 5.41) is 0. The first kappa shape index (κ1) is 23.1. The van der Waals surface area contributed by atoms with Crippen LogP contribution in [0.15, 0.2) is 16.9 Å². The third kappa shape index (κ3) is 4.84. The minimum absolute atomic E-state index is 0.00569. The van der Waals surface area contributed by atoms with Gasteiger partial charge in [-0.15, -0.1) is 5.92 Å². The number of hydrogen-bond donors (Lipinski definition) is 2. The van der Waals surface area contributed by atoms with Crippen LogP contribution < -0.4 is 16.3 Å². The summed E-state index contributed by atoms with van der Waals surface area (Å²) in [6.07, 6.45) is -5.55. The molecule has 1 aromatic heterocycles. The number of hydrogen-bond acceptors (Lipinski definition) is 6. The van der Waals surface area contributed by atoms with Gasteiger partial charge in [-0.1, -0.05) is 12.8 Å². The third-order valence-corrected chi connectivity index (χ3v) is 5.74. The number of ether oxygens (including phenoxy) is 2. The van der Waals surface area contributed by atoms with E-state index in [1.165, 1.54) is 19.1 Å². The van der Waals surface area contributed by atoms with Gasteiger partial charge in [0.15, 0.2) is 0 Å². The van der Waals surface area contributed by atoms with E-state index in [-0.39, 0.29) is 35.8 Å².